The number of nitrogens with one attached hydrogen (secondary N) is 2. The van der Waals surface area contributed by atoms with Crippen LogP contribution in [0.25, 0.3) is 10.7 Å². The first-order valence-electron chi connectivity index (χ1n) is 7.45. The molecule has 3 aromatic heterocycles. The van der Waals surface area contributed by atoms with Crippen molar-refractivity contribution < 1.29 is 4.79 Å². The number of carbonyl (C=O) groups is 1. The molecule has 0 aliphatic rings. The van der Waals surface area contributed by atoms with Gasteiger partial charge in [0, 0.05) is 12.6 Å². The maximum atomic E-state index is 12.3. The molecular formula is C15H16N6O2S. The highest BCUT2D eigenvalue weighted by atomic mass is 32.1. The minimum Gasteiger partial charge on any atom is -0.288 e. The van der Waals surface area contributed by atoms with Gasteiger partial charge < -0.3 is 0 Å². The zero-order valence-electron chi connectivity index (χ0n) is 13.2. The van der Waals surface area contributed by atoms with Crippen molar-refractivity contribution in [1.29, 1.82) is 0 Å². The van der Waals surface area contributed by atoms with E-state index >= 15 is 0 Å². The van der Waals surface area contributed by atoms with Crippen molar-refractivity contribution in [3.8, 4) is 10.7 Å². The standard InChI is InChI=1S/C15H16N6O2S/c1-3-7-21-11(22)5-4-10(20-21)14(23)17-15-16-13(18-19-15)12-9(2)6-8-24-12/h4-6,8H,3,7H2,1-2H3,(H2,16,17,18,19,23). The molecule has 0 aliphatic heterocycles. The molecule has 0 radical (unpaired) electrons. The predicted molar refractivity (Wildman–Crippen MR) is 91.2 cm³/mol. The van der Waals surface area contributed by atoms with Crippen LogP contribution in [0.5, 0.6) is 0 Å². The van der Waals surface area contributed by atoms with Crippen molar-refractivity contribution in [2.45, 2.75) is 26.8 Å². The van der Waals surface area contributed by atoms with Crippen LogP contribution in [-0.4, -0.2) is 30.9 Å². The van der Waals surface area contributed by atoms with Crippen LogP contribution in [-0.2, 0) is 6.54 Å². The van der Waals surface area contributed by atoms with Crippen molar-refractivity contribution in [2.75, 3.05) is 5.32 Å². The van der Waals surface area contributed by atoms with Gasteiger partial charge in [-0.1, -0.05) is 6.92 Å². The molecule has 0 fully saturated rings. The maximum Gasteiger partial charge on any atom is 0.278 e. The topological polar surface area (TPSA) is 106 Å². The summed E-state index contributed by atoms with van der Waals surface area (Å²) in [5.74, 6) is 0.299. The number of H-pyrrole nitrogens is 1. The number of aromatic amines is 1. The van der Waals surface area contributed by atoms with Crippen LogP contribution in [0.15, 0.2) is 28.4 Å². The average Bonchev–Trinajstić information content (AvgIpc) is 3.18. The molecule has 0 unspecified atom stereocenters. The number of rotatable bonds is 5. The van der Waals surface area contributed by atoms with Gasteiger partial charge in [-0.15, -0.1) is 16.4 Å². The van der Waals surface area contributed by atoms with Crippen LogP contribution in [0, 0.1) is 6.92 Å². The Kier molecular flexibility index (Phi) is 4.52. The Hall–Kier alpha value is -2.81. The van der Waals surface area contributed by atoms with Crippen LogP contribution in [0.3, 0.4) is 0 Å². The second-order valence-electron chi connectivity index (χ2n) is 5.17. The van der Waals surface area contributed by atoms with Gasteiger partial charge in [0.1, 0.15) is 5.69 Å². The third-order valence-corrected chi connectivity index (χ3v) is 4.35. The van der Waals surface area contributed by atoms with Crippen molar-refractivity contribution in [2.24, 2.45) is 0 Å². The zero-order valence-corrected chi connectivity index (χ0v) is 14.1. The van der Waals surface area contributed by atoms with Gasteiger partial charge in [-0.25, -0.2) is 4.68 Å². The number of aryl methyl sites for hydroxylation is 2. The van der Waals surface area contributed by atoms with Crippen molar-refractivity contribution in [3.05, 3.63) is 45.2 Å². The van der Waals surface area contributed by atoms with E-state index < -0.39 is 5.91 Å². The summed E-state index contributed by atoms with van der Waals surface area (Å²) in [6, 6.07) is 4.71. The first-order valence-corrected chi connectivity index (χ1v) is 8.33. The van der Waals surface area contributed by atoms with E-state index in [9.17, 15) is 9.59 Å². The van der Waals surface area contributed by atoms with Gasteiger partial charge >= 0.3 is 0 Å². The zero-order chi connectivity index (χ0) is 17.1. The summed E-state index contributed by atoms with van der Waals surface area (Å²) in [6.07, 6.45) is 0.752. The van der Waals surface area contributed by atoms with E-state index in [1.54, 1.807) is 11.3 Å². The molecule has 0 bridgehead atoms. The summed E-state index contributed by atoms with van der Waals surface area (Å²) in [5.41, 5.74) is 0.991. The molecule has 3 rings (SSSR count). The highest BCUT2D eigenvalue weighted by molar-refractivity contribution is 7.13. The normalized spacial score (nSPS) is 10.8. The second kappa shape index (κ2) is 6.75. The monoisotopic (exact) mass is 344 g/mol. The molecule has 0 atom stereocenters. The fourth-order valence-corrected chi connectivity index (χ4v) is 3.01. The summed E-state index contributed by atoms with van der Waals surface area (Å²) in [6.45, 7) is 4.37. The first-order chi connectivity index (χ1) is 11.6. The summed E-state index contributed by atoms with van der Waals surface area (Å²) in [4.78, 5) is 29.2. The van der Waals surface area contributed by atoms with Crippen LogP contribution < -0.4 is 10.9 Å². The van der Waals surface area contributed by atoms with E-state index in [1.807, 2.05) is 25.3 Å². The molecule has 124 valence electrons. The van der Waals surface area contributed by atoms with Gasteiger partial charge in [-0.3, -0.25) is 20.0 Å². The van der Waals surface area contributed by atoms with Crippen molar-refractivity contribution in [3.63, 3.8) is 0 Å². The molecule has 0 aromatic carbocycles. The lowest BCUT2D eigenvalue weighted by Gasteiger charge is -2.04. The van der Waals surface area contributed by atoms with Crippen molar-refractivity contribution in [1.82, 2.24) is 25.0 Å². The predicted octanol–water partition coefficient (Wildman–Crippen LogP) is 2.06. The minimum atomic E-state index is -0.465. The number of hydrogen-bond donors (Lipinski definition) is 2. The highest BCUT2D eigenvalue weighted by Gasteiger charge is 2.14. The summed E-state index contributed by atoms with van der Waals surface area (Å²) in [7, 11) is 0. The van der Waals surface area contributed by atoms with E-state index in [-0.39, 0.29) is 17.2 Å². The molecule has 3 heterocycles. The number of amides is 1. The summed E-state index contributed by atoms with van der Waals surface area (Å²) >= 11 is 1.54. The molecular weight excluding hydrogens is 328 g/mol. The molecule has 1 amide bonds. The SMILES string of the molecule is CCCn1nc(C(=O)Nc2n[nH]c(-c3sccc3C)n2)ccc1=O. The lowest BCUT2D eigenvalue weighted by molar-refractivity contribution is 0.101. The average molecular weight is 344 g/mol. The third kappa shape index (κ3) is 3.25. The molecule has 0 saturated carbocycles. The lowest BCUT2D eigenvalue weighted by atomic mass is 10.3. The van der Waals surface area contributed by atoms with Gasteiger partial charge in [-0.05, 0) is 36.4 Å². The first kappa shape index (κ1) is 16.1. The Morgan fingerprint density at radius 2 is 2.21 bits per heavy atom. The Balaban J connectivity index is 1.78. The Bertz CT molecular complexity index is 926. The van der Waals surface area contributed by atoms with E-state index in [1.165, 1.54) is 16.8 Å². The number of aromatic nitrogens is 5. The van der Waals surface area contributed by atoms with E-state index in [0.717, 1.165) is 16.9 Å². The van der Waals surface area contributed by atoms with Crippen LogP contribution in [0.4, 0.5) is 5.95 Å². The number of carbonyl (C=O) groups excluding carboxylic acids is 1. The smallest absolute Gasteiger partial charge is 0.278 e. The molecule has 8 nitrogen and oxygen atoms in total. The third-order valence-electron chi connectivity index (χ3n) is 3.32. The maximum absolute atomic E-state index is 12.3. The van der Waals surface area contributed by atoms with E-state index in [0.29, 0.717) is 12.4 Å². The summed E-state index contributed by atoms with van der Waals surface area (Å²) in [5, 5.41) is 15.4. The van der Waals surface area contributed by atoms with Crippen LogP contribution in [0.2, 0.25) is 0 Å². The molecule has 9 heteroatoms. The Labute approximate surface area is 141 Å². The molecule has 0 spiro atoms. The molecule has 0 saturated heterocycles. The lowest BCUT2D eigenvalue weighted by Crippen LogP contribution is -2.26. The van der Waals surface area contributed by atoms with Gasteiger partial charge in [-0.2, -0.15) is 10.1 Å². The van der Waals surface area contributed by atoms with Gasteiger partial charge in [0.05, 0.1) is 4.88 Å². The Morgan fingerprint density at radius 3 is 2.92 bits per heavy atom. The minimum absolute atomic E-state index is 0.140. The second-order valence-corrected chi connectivity index (χ2v) is 6.09. The quantitative estimate of drug-likeness (QED) is 0.737. The number of anilines is 1. The fraction of sp³-hybridized carbons (Fsp3) is 0.267. The fourth-order valence-electron chi connectivity index (χ4n) is 2.14. The van der Waals surface area contributed by atoms with Gasteiger partial charge in [0.15, 0.2) is 5.82 Å². The molecule has 2 N–H and O–H groups in total. The summed E-state index contributed by atoms with van der Waals surface area (Å²) < 4.78 is 1.27. The van der Waals surface area contributed by atoms with E-state index in [4.69, 9.17) is 0 Å². The number of nitrogens with zero attached hydrogens (tertiary/aromatic N) is 4. The van der Waals surface area contributed by atoms with Crippen molar-refractivity contribution >= 4 is 23.2 Å². The Morgan fingerprint density at radius 1 is 1.38 bits per heavy atom. The van der Waals surface area contributed by atoms with E-state index in [2.05, 4.69) is 25.6 Å². The number of thiophene rings is 1. The largest absolute Gasteiger partial charge is 0.288 e. The molecule has 0 aliphatic carbocycles. The van der Waals surface area contributed by atoms with Crippen LogP contribution in [0.1, 0.15) is 29.4 Å². The molecule has 24 heavy (non-hydrogen) atoms. The van der Waals surface area contributed by atoms with Gasteiger partial charge in [0.2, 0.25) is 5.95 Å². The number of hydrogen-bond acceptors (Lipinski definition) is 6. The highest BCUT2D eigenvalue weighted by Crippen LogP contribution is 2.26. The molecule has 3 aromatic rings. The van der Waals surface area contributed by atoms with Gasteiger partial charge in [0.25, 0.3) is 11.5 Å². The van der Waals surface area contributed by atoms with Crippen LogP contribution >= 0.6 is 11.3 Å².